The second-order valence-corrected chi connectivity index (χ2v) is 5.03. The van der Waals surface area contributed by atoms with Gasteiger partial charge in [0.25, 0.3) is 0 Å². The highest BCUT2D eigenvalue weighted by molar-refractivity contribution is 5.79. The summed E-state index contributed by atoms with van der Waals surface area (Å²) in [6.45, 7) is 0.401. The Morgan fingerprint density at radius 1 is 1.47 bits per heavy atom. The third kappa shape index (κ3) is 3.10. The van der Waals surface area contributed by atoms with Gasteiger partial charge in [0.2, 0.25) is 5.91 Å². The van der Waals surface area contributed by atoms with Crippen LogP contribution in [-0.2, 0) is 11.2 Å². The van der Waals surface area contributed by atoms with Gasteiger partial charge in [0.05, 0.1) is 6.42 Å². The van der Waals surface area contributed by atoms with Crippen molar-refractivity contribution < 1.29 is 13.6 Å². The first-order valence-electron chi connectivity index (χ1n) is 6.43. The van der Waals surface area contributed by atoms with Crippen molar-refractivity contribution >= 4 is 5.91 Å². The second-order valence-electron chi connectivity index (χ2n) is 5.03. The van der Waals surface area contributed by atoms with E-state index in [4.69, 9.17) is 5.73 Å². The third-order valence-electron chi connectivity index (χ3n) is 3.67. The van der Waals surface area contributed by atoms with E-state index in [0.717, 1.165) is 18.9 Å². The van der Waals surface area contributed by atoms with Crippen molar-refractivity contribution in [3.05, 3.63) is 35.4 Å². The number of amides is 1. The van der Waals surface area contributed by atoms with Crippen LogP contribution < -0.4 is 5.73 Å². The summed E-state index contributed by atoms with van der Waals surface area (Å²) in [6.07, 6.45) is 2.02. The van der Waals surface area contributed by atoms with Crippen LogP contribution in [0.25, 0.3) is 0 Å². The fraction of sp³-hybridized carbons (Fsp3) is 0.500. The standard InChI is InChI=1S/C14H18F2N2O/c1-18(12(8-17)9-5-6-9)13(19)7-10-3-2-4-11(15)14(10)16/h2-4,9,12H,5-8,17H2,1H3. The molecule has 1 aromatic rings. The van der Waals surface area contributed by atoms with Crippen molar-refractivity contribution in [2.45, 2.75) is 25.3 Å². The Hall–Kier alpha value is -1.49. The lowest BCUT2D eigenvalue weighted by atomic mass is 10.1. The third-order valence-corrected chi connectivity index (χ3v) is 3.67. The molecular formula is C14H18F2N2O. The van der Waals surface area contributed by atoms with Crippen molar-refractivity contribution in [2.24, 2.45) is 11.7 Å². The van der Waals surface area contributed by atoms with Crippen molar-refractivity contribution in [3.63, 3.8) is 0 Å². The number of hydrogen-bond acceptors (Lipinski definition) is 2. The Kier molecular flexibility index (Phi) is 4.14. The summed E-state index contributed by atoms with van der Waals surface area (Å²) in [5, 5.41) is 0. The Morgan fingerprint density at radius 2 is 2.16 bits per heavy atom. The minimum atomic E-state index is -0.944. The SMILES string of the molecule is CN(C(=O)Cc1cccc(F)c1F)C(CN)C1CC1. The number of nitrogens with two attached hydrogens (primary N) is 1. The van der Waals surface area contributed by atoms with E-state index < -0.39 is 11.6 Å². The van der Waals surface area contributed by atoms with Crippen LogP contribution in [0.5, 0.6) is 0 Å². The molecule has 3 nitrogen and oxygen atoms in total. The summed E-state index contributed by atoms with van der Waals surface area (Å²) in [4.78, 5) is 13.7. The van der Waals surface area contributed by atoms with Gasteiger partial charge >= 0.3 is 0 Å². The maximum atomic E-state index is 13.5. The first-order valence-corrected chi connectivity index (χ1v) is 6.43. The zero-order valence-electron chi connectivity index (χ0n) is 10.9. The molecule has 1 fully saturated rings. The topological polar surface area (TPSA) is 46.3 Å². The fourth-order valence-corrected chi connectivity index (χ4v) is 2.31. The quantitative estimate of drug-likeness (QED) is 0.883. The summed E-state index contributed by atoms with van der Waals surface area (Å²) in [6, 6.07) is 3.88. The highest BCUT2D eigenvalue weighted by Gasteiger charge is 2.34. The smallest absolute Gasteiger partial charge is 0.227 e. The molecule has 1 aliphatic rings. The van der Waals surface area contributed by atoms with Crippen molar-refractivity contribution in [2.75, 3.05) is 13.6 Å². The van der Waals surface area contributed by atoms with E-state index in [2.05, 4.69) is 0 Å². The largest absolute Gasteiger partial charge is 0.341 e. The summed E-state index contributed by atoms with van der Waals surface area (Å²) in [7, 11) is 1.68. The molecule has 0 saturated heterocycles. The van der Waals surface area contributed by atoms with E-state index in [-0.39, 0.29) is 23.9 Å². The molecule has 0 aromatic heterocycles. The predicted octanol–water partition coefficient (Wildman–Crippen LogP) is 1.70. The molecule has 0 spiro atoms. The van der Waals surface area contributed by atoms with Crippen molar-refractivity contribution in [1.29, 1.82) is 0 Å². The van der Waals surface area contributed by atoms with Crippen LogP contribution in [0.15, 0.2) is 18.2 Å². The molecule has 0 heterocycles. The van der Waals surface area contributed by atoms with E-state index in [1.807, 2.05) is 0 Å². The molecule has 1 atom stereocenters. The summed E-state index contributed by atoms with van der Waals surface area (Å²) in [5.41, 5.74) is 5.76. The lowest BCUT2D eigenvalue weighted by molar-refractivity contribution is -0.131. The number of benzene rings is 1. The number of nitrogens with zero attached hydrogens (tertiary/aromatic N) is 1. The normalized spacial score (nSPS) is 16.2. The van der Waals surface area contributed by atoms with Crippen LogP contribution in [0, 0.1) is 17.6 Å². The van der Waals surface area contributed by atoms with Gasteiger partial charge in [-0.2, -0.15) is 0 Å². The summed E-state index contributed by atoms with van der Waals surface area (Å²) >= 11 is 0. The van der Waals surface area contributed by atoms with Gasteiger partial charge in [-0.15, -0.1) is 0 Å². The van der Waals surface area contributed by atoms with Crippen LogP contribution in [0.2, 0.25) is 0 Å². The molecule has 2 N–H and O–H groups in total. The number of likely N-dealkylation sites (N-methyl/N-ethyl adjacent to an activating group) is 1. The first-order chi connectivity index (χ1) is 9.04. The Bertz CT molecular complexity index is 475. The number of rotatable bonds is 5. The molecule has 19 heavy (non-hydrogen) atoms. The molecule has 1 aliphatic carbocycles. The van der Waals surface area contributed by atoms with Crippen LogP contribution >= 0.6 is 0 Å². The van der Waals surface area contributed by atoms with E-state index in [9.17, 15) is 13.6 Å². The molecule has 1 saturated carbocycles. The highest BCUT2D eigenvalue weighted by Crippen LogP contribution is 2.34. The maximum absolute atomic E-state index is 13.5. The van der Waals surface area contributed by atoms with Gasteiger partial charge in [-0.3, -0.25) is 4.79 Å². The lowest BCUT2D eigenvalue weighted by Crippen LogP contribution is -2.44. The van der Waals surface area contributed by atoms with Crippen LogP contribution in [0.4, 0.5) is 8.78 Å². The number of hydrogen-bond donors (Lipinski definition) is 1. The zero-order valence-corrected chi connectivity index (χ0v) is 10.9. The Labute approximate surface area is 111 Å². The molecule has 1 amide bonds. The van der Waals surface area contributed by atoms with E-state index in [0.29, 0.717) is 12.5 Å². The van der Waals surface area contributed by atoms with Gasteiger partial charge in [-0.25, -0.2) is 8.78 Å². The van der Waals surface area contributed by atoms with Gasteiger partial charge in [-0.1, -0.05) is 12.1 Å². The van der Waals surface area contributed by atoms with Crippen LogP contribution in [-0.4, -0.2) is 30.4 Å². The molecule has 1 aromatic carbocycles. The highest BCUT2D eigenvalue weighted by atomic mass is 19.2. The number of carbonyl (C=O) groups excluding carboxylic acids is 1. The van der Waals surface area contributed by atoms with Crippen LogP contribution in [0.3, 0.4) is 0 Å². The molecule has 2 rings (SSSR count). The Morgan fingerprint density at radius 3 is 2.74 bits per heavy atom. The molecular weight excluding hydrogens is 250 g/mol. The van der Waals surface area contributed by atoms with Gasteiger partial charge < -0.3 is 10.6 Å². The average Bonchev–Trinajstić information content (AvgIpc) is 3.20. The van der Waals surface area contributed by atoms with Gasteiger partial charge in [-0.05, 0) is 24.8 Å². The molecule has 5 heteroatoms. The van der Waals surface area contributed by atoms with Gasteiger partial charge in [0.1, 0.15) is 0 Å². The first kappa shape index (κ1) is 13.9. The molecule has 104 valence electrons. The molecule has 0 bridgehead atoms. The van der Waals surface area contributed by atoms with Gasteiger partial charge in [0.15, 0.2) is 11.6 Å². The average molecular weight is 268 g/mol. The molecule has 0 radical (unpaired) electrons. The summed E-state index contributed by atoms with van der Waals surface area (Å²) < 4.78 is 26.6. The molecule has 0 aliphatic heterocycles. The maximum Gasteiger partial charge on any atom is 0.227 e. The zero-order chi connectivity index (χ0) is 14.0. The minimum absolute atomic E-state index is 0.00382. The van der Waals surface area contributed by atoms with E-state index in [1.165, 1.54) is 12.1 Å². The van der Waals surface area contributed by atoms with Crippen LogP contribution in [0.1, 0.15) is 18.4 Å². The van der Waals surface area contributed by atoms with E-state index in [1.54, 1.807) is 11.9 Å². The van der Waals surface area contributed by atoms with Crippen molar-refractivity contribution in [3.8, 4) is 0 Å². The molecule has 1 unspecified atom stereocenters. The number of halogens is 2. The van der Waals surface area contributed by atoms with E-state index >= 15 is 0 Å². The minimum Gasteiger partial charge on any atom is -0.341 e. The number of carbonyl (C=O) groups is 1. The predicted molar refractivity (Wildman–Crippen MR) is 68.4 cm³/mol. The lowest BCUT2D eigenvalue weighted by Gasteiger charge is -2.27. The second kappa shape index (κ2) is 5.65. The fourth-order valence-electron chi connectivity index (χ4n) is 2.31. The monoisotopic (exact) mass is 268 g/mol. The van der Waals surface area contributed by atoms with Gasteiger partial charge in [0, 0.05) is 25.2 Å². The van der Waals surface area contributed by atoms with Crippen molar-refractivity contribution in [1.82, 2.24) is 4.90 Å². The summed E-state index contributed by atoms with van der Waals surface area (Å²) in [5.74, 6) is -1.64. The Balaban J connectivity index is 2.05.